The second-order valence-electron chi connectivity index (χ2n) is 7.02. The molecule has 28 heavy (non-hydrogen) atoms. The Balaban J connectivity index is 0.00000280. The number of rotatable bonds is 6. The molecule has 0 saturated carbocycles. The van der Waals surface area contributed by atoms with Gasteiger partial charge in [0, 0.05) is 6.54 Å². The first kappa shape index (κ1) is 22.3. The Bertz CT molecular complexity index is 973. The summed E-state index contributed by atoms with van der Waals surface area (Å²) in [5.41, 5.74) is 3.23. The van der Waals surface area contributed by atoms with E-state index in [1.807, 2.05) is 34.0 Å². The number of halogens is 2. The van der Waals surface area contributed by atoms with Crippen LogP contribution in [-0.4, -0.2) is 43.0 Å². The van der Waals surface area contributed by atoms with Crippen molar-refractivity contribution < 1.29 is 9.18 Å². The van der Waals surface area contributed by atoms with E-state index in [1.54, 1.807) is 17.0 Å². The van der Waals surface area contributed by atoms with Gasteiger partial charge < -0.3 is 4.90 Å². The second-order valence-corrected chi connectivity index (χ2v) is 8.00. The maximum absolute atomic E-state index is 14.2. The fraction of sp³-hybridized carbons (Fsp3) is 0.333. The molecule has 0 aliphatic carbocycles. The van der Waals surface area contributed by atoms with Crippen molar-refractivity contribution in [3.63, 3.8) is 0 Å². The number of hydrogen-bond donors (Lipinski definition) is 0. The topological polar surface area (TPSA) is 36.4 Å². The zero-order valence-electron chi connectivity index (χ0n) is 16.5. The molecule has 1 amide bonds. The molecule has 0 atom stereocenters. The molecule has 0 fully saturated rings. The Morgan fingerprint density at radius 3 is 2.54 bits per heavy atom. The first-order valence-electron chi connectivity index (χ1n) is 8.95. The predicted molar refractivity (Wildman–Crippen MR) is 118 cm³/mol. The van der Waals surface area contributed by atoms with Gasteiger partial charge in [0.25, 0.3) is 5.91 Å². The van der Waals surface area contributed by atoms with E-state index in [9.17, 15) is 9.18 Å². The van der Waals surface area contributed by atoms with Crippen molar-refractivity contribution in [2.75, 3.05) is 32.1 Å². The van der Waals surface area contributed by atoms with Crippen molar-refractivity contribution >= 4 is 45.0 Å². The quantitative estimate of drug-likeness (QED) is 0.557. The minimum absolute atomic E-state index is 0. The number of carbonyl (C=O) groups excluding carboxylic acids is 1. The van der Waals surface area contributed by atoms with Crippen LogP contribution in [0.3, 0.4) is 0 Å². The van der Waals surface area contributed by atoms with Gasteiger partial charge in [0.15, 0.2) is 5.13 Å². The largest absolute Gasteiger partial charge is 0.309 e. The van der Waals surface area contributed by atoms with Crippen LogP contribution in [-0.2, 0) is 0 Å². The first-order valence-corrected chi connectivity index (χ1v) is 9.77. The zero-order valence-corrected chi connectivity index (χ0v) is 18.2. The molecular formula is C21H25ClFN3OS. The van der Waals surface area contributed by atoms with E-state index in [4.69, 9.17) is 4.98 Å². The van der Waals surface area contributed by atoms with Gasteiger partial charge in [0.1, 0.15) is 5.82 Å². The van der Waals surface area contributed by atoms with Gasteiger partial charge >= 0.3 is 0 Å². The summed E-state index contributed by atoms with van der Waals surface area (Å²) in [6.45, 7) is 5.41. The Labute approximate surface area is 175 Å². The van der Waals surface area contributed by atoms with E-state index in [0.29, 0.717) is 11.7 Å². The van der Waals surface area contributed by atoms with Gasteiger partial charge in [0.05, 0.1) is 15.8 Å². The fourth-order valence-corrected chi connectivity index (χ4v) is 4.13. The maximum Gasteiger partial charge on any atom is 0.263 e. The summed E-state index contributed by atoms with van der Waals surface area (Å²) in [5, 5.41) is 0.616. The normalized spacial score (nSPS) is 10.9. The fourth-order valence-electron chi connectivity index (χ4n) is 3.09. The number of fused-ring (bicyclic) bond motifs is 1. The molecule has 4 nitrogen and oxygen atoms in total. The summed E-state index contributed by atoms with van der Waals surface area (Å²) in [5.74, 6) is -0.853. The molecule has 0 aliphatic heterocycles. The van der Waals surface area contributed by atoms with Crippen molar-refractivity contribution in [1.82, 2.24) is 9.88 Å². The van der Waals surface area contributed by atoms with Crippen molar-refractivity contribution in [3.05, 3.63) is 58.9 Å². The van der Waals surface area contributed by atoms with Crippen LogP contribution < -0.4 is 4.90 Å². The third kappa shape index (κ3) is 4.87. The molecule has 1 aromatic heterocycles. The van der Waals surface area contributed by atoms with Gasteiger partial charge in [-0.05, 0) is 70.2 Å². The molecule has 1 heterocycles. The van der Waals surface area contributed by atoms with Gasteiger partial charge in [-0.2, -0.15) is 0 Å². The minimum atomic E-state index is -0.506. The van der Waals surface area contributed by atoms with Gasteiger partial charge in [-0.1, -0.05) is 29.5 Å². The van der Waals surface area contributed by atoms with Gasteiger partial charge in [-0.3, -0.25) is 9.69 Å². The summed E-state index contributed by atoms with van der Waals surface area (Å²) < 4.78 is 15.3. The third-order valence-corrected chi connectivity index (χ3v) is 5.61. The smallest absolute Gasteiger partial charge is 0.263 e. The highest BCUT2D eigenvalue weighted by Gasteiger charge is 2.23. The molecule has 2 aromatic carbocycles. The summed E-state index contributed by atoms with van der Waals surface area (Å²) in [4.78, 5) is 21.5. The molecule has 0 radical (unpaired) electrons. The highest BCUT2D eigenvalue weighted by atomic mass is 35.5. The van der Waals surface area contributed by atoms with E-state index in [-0.39, 0.29) is 23.9 Å². The summed E-state index contributed by atoms with van der Waals surface area (Å²) in [7, 11) is 3.99. The number of benzene rings is 2. The third-order valence-electron chi connectivity index (χ3n) is 4.38. The van der Waals surface area contributed by atoms with E-state index < -0.39 is 5.82 Å². The average Bonchev–Trinajstić information content (AvgIpc) is 3.02. The molecule has 0 N–H and O–H groups in total. The van der Waals surface area contributed by atoms with Crippen molar-refractivity contribution in [3.8, 4) is 0 Å². The lowest BCUT2D eigenvalue weighted by molar-refractivity contribution is 0.0982. The molecule has 0 unspecified atom stereocenters. The molecule has 3 aromatic rings. The molecule has 150 valence electrons. The summed E-state index contributed by atoms with van der Waals surface area (Å²) in [6.07, 6.45) is 0.779. The average molecular weight is 422 g/mol. The van der Waals surface area contributed by atoms with Crippen LogP contribution in [0.4, 0.5) is 9.52 Å². The summed E-state index contributed by atoms with van der Waals surface area (Å²) >= 11 is 1.49. The van der Waals surface area contributed by atoms with Crippen molar-refractivity contribution in [2.45, 2.75) is 20.3 Å². The molecule has 0 saturated heterocycles. The number of amides is 1. The Morgan fingerprint density at radius 2 is 1.86 bits per heavy atom. The first-order chi connectivity index (χ1) is 12.9. The monoisotopic (exact) mass is 421 g/mol. The van der Waals surface area contributed by atoms with Crippen LogP contribution in [0.5, 0.6) is 0 Å². The molecule has 0 bridgehead atoms. The number of aromatic nitrogens is 1. The molecular weight excluding hydrogens is 397 g/mol. The highest BCUT2D eigenvalue weighted by Crippen LogP contribution is 2.33. The number of anilines is 1. The Kier molecular flexibility index (Phi) is 7.52. The molecule has 7 heteroatoms. The van der Waals surface area contributed by atoms with Crippen LogP contribution in [0.2, 0.25) is 0 Å². The number of nitrogens with zero attached hydrogens (tertiary/aromatic N) is 3. The van der Waals surface area contributed by atoms with Crippen molar-refractivity contribution in [2.24, 2.45) is 0 Å². The van der Waals surface area contributed by atoms with Crippen molar-refractivity contribution in [1.29, 1.82) is 0 Å². The Hall–Kier alpha value is -2.02. The SMILES string of the molecule is Cc1cc(C)c2sc(N(CCCN(C)C)C(=O)c3ccccc3F)nc2c1.Cl. The number of thiazole rings is 1. The van der Waals surface area contributed by atoms with E-state index in [1.165, 1.54) is 23.5 Å². The lowest BCUT2D eigenvalue weighted by atomic mass is 10.1. The second kappa shape index (κ2) is 9.45. The highest BCUT2D eigenvalue weighted by molar-refractivity contribution is 7.22. The molecule has 0 spiro atoms. The van der Waals surface area contributed by atoms with Crippen LogP contribution in [0.15, 0.2) is 36.4 Å². The van der Waals surface area contributed by atoms with Gasteiger partial charge in [-0.15, -0.1) is 12.4 Å². The standard InChI is InChI=1S/C21H24FN3OS.ClH/c1-14-12-15(2)19-18(13-14)23-21(27-19)25(11-7-10-24(3)4)20(26)16-8-5-6-9-17(16)22;/h5-6,8-9,12-13H,7,10-11H2,1-4H3;1H. The van der Waals surface area contributed by atoms with E-state index in [2.05, 4.69) is 11.0 Å². The van der Waals surface area contributed by atoms with E-state index in [0.717, 1.165) is 34.3 Å². The number of carbonyl (C=O) groups is 1. The molecule has 0 aliphatic rings. The number of hydrogen-bond acceptors (Lipinski definition) is 4. The van der Waals surface area contributed by atoms with Crippen LogP contribution in [0, 0.1) is 19.7 Å². The van der Waals surface area contributed by atoms with Crippen LogP contribution >= 0.6 is 23.7 Å². The van der Waals surface area contributed by atoms with Gasteiger partial charge in [0.2, 0.25) is 0 Å². The van der Waals surface area contributed by atoms with Crippen LogP contribution in [0.25, 0.3) is 10.2 Å². The zero-order chi connectivity index (χ0) is 19.6. The minimum Gasteiger partial charge on any atom is -0.309 e. The van der Waals surface area contributed by atoms with E-state index >= 15 is 0 Å². The lowest BCUT2D eigenvalue weighted by Gasteiger charge is -2.21. The van der Waals surface area contributed by atoms with Crippen LogP contribution in [0.1, 0.15) is 27.9 Å². The lowest BCUT2D eigenvalue weighted by Crippen LogP contribution is -2.34. The Morgan fingerprint density at radius 1 is 1.14 bits per heavy atom. The predicted octanol–water partition coefficient (Wildman–Crippen LogP) is 5.07. The number of aryl methyl sites for hydroxylation is 2. The molecule has 3 rings (SSSR count). The summed E-state index contributed by atoms with van der Waals surface area (Å²) in [6, 6.07) is 10.2. The van der Waals surface area contributed by atoms with Gasteiger partial charge in [-0.25, -0.2) is 9.37 Å². The maximum atomic E-state index is 14.2.